The van der Waals surface area contributed by atoms with Crippen molar-refractivity contribution in [1.82, 2.24) is 9.97 Å². The number of halogens is 1. The highest BCUT2D eigenvalue weighted by atomic mass is 35.5. The molecule has 0 unspecified atom stereocenters. The summed E-state index contributed by atoms with van der Waals surface area (Å²) in [5, 5.41) is 9.91. The Morgan fingerprint density at radius 3 is 3.14 bits per heavy atom. The highest BCUT2D eigenvalue weighted by molar-refractivity contribution is 6.31. The minimum absolute atomic E-state index is 0.0258. The number of aromatic nitrogens is 2. The maximum atomic E-state index is 10.5. The zero-order chi connectivity index (χ0) is 10.1. The molecule has 0 aliphatic rings. The van der Waals surface area contributed by atoms with Gasteiger partial charge in [0.25, 0.3) is 0 Å². The van der Waals surface area contributed by atoms with E-state index in [-0.39, 0.29) is 6.42 Å². The van der Waals surface area contributed by atoms with E-state index in [2.05, 4.69) is 9.97 Å². The Kier molecular flexibility index (Phi) is 2.13. The van der Waals surface area contributed by atoms with E-state index in [9.17, 15) is 4.79 Å². The Hall–Kier alpha value is -1.55. The highest BCUT2D eigenvalue weighted by Crippen LogP contribution is 2.20. The van der Waals surface area contributed by atoms with Crippen molar-refractivity contribution in [3.8, 4) is 0 Å². The van der Waals surface area contributed by atoms with Gasteiger partial charge in [-0.25, -0.2) is 4.98 Å². The van der Waals surface area contributed by atoms with E-state index in [1.54, 1.807) is 12.3 Å². The minimum Gasteiger partial charge on any atom is -0.481 e. The summed E-state index contributed by atoms with van der Waals surface area (Å²) < 4.78 is 0. The summed E-state index contributed by atoms with van der Waals surface area (Å²) in [6, 6.07) is 1.71. The number of carbonyl (C=O) groups is 1. The molecular formula is C9H7ClN2O2. The Balaban J connectivity index is 2.55. The van der Waals surface area contributed by atoms with Gasteiger partial charge in [-0.1, -0.05) is 11.6 Å². The first-order valence-electron chi connectivity index (χ1n) is 4.00. The lowest BCUT2D eigenvalue weighted by Gasteiger charge is -1.94. The SMILES string of the molecule is O=C(O)Cc1c[nH]c2ncc(Cl)cc12. The maximum absolute atomic E-state index is 10.5. The van der Waals surface area contributed by atoms with Crippen LogP contribution in [0.5, 0.6) is 0 Å². The van der Waals surface area contributed by atoms with Crippen LogP contribution in [-0.4, -0.2) is 21.0 Å². The van der Waals surface area contributed by atoms with Gasteiger partial charge in [0.05, 0.1) is 11.4 Å². The fraction of sp³-hybridized carbons (Fsp3) is 0.111. The molecule has 0 radical (unpaired) electrons. The summed E-state index contributed by atoms with van der Waals surface area (Å²) in [7, 11) is 0. The number of carboxylic acid groups (broad SMARTS) is 1. The van der Waals surface area contributed by atoms with E-state index in [1.165, 1.54) is 6.20 Å². The van der Waals surface area contributed by atoms with Crippen LogP contribution in [-0.2, 0) is 11.2 Å². The Morgan fingerprint density at radius 2 is 2.43 bits per heavy atom. The molecule has 4 nitrogen and oxygen atoms in total. The first-order chi connectivity index (χ1) is 6.66. The van der Waals surface area contributed by atoms with E-state index >= 15 is 0 Å². The molecule has 0 aliphatic heterocycles. The zero-order valence-corrected chi connectivity index (χ0v) is 7.88. The maximum Gasteiger partial charge on any atom is 0.307 e. The second kappa shape index (κ2) is 3.31. The summed E-state index contributed by atoms with van der Waals surface area (Å²) >= 11 is 5.76. The van der Waals surface area contributed by atoms with Crippen LogP contribution < -0.4 is 0 Å². The highest BCUT2D eigenvalue weighted by Gasteiger charge is 2.08. The van der Waals surface area contributed by atoms with E-state index in [0.717, 1.165) is 5.39 Å². The van der Waals surface area contributed by atoms with Crippen LogP contribution >= 0.6 is 11.6 Å². The van der Waals surface area contributed by atoms with Crippen molar-refractivity contribution in [3.05, 3.63) is 29.0 Å². The third-order valence-corrected chi connectivity index (χ3v) is 2.13. The quantitative estimate of drug-likeness (QED) is 0.795. The van der Waals surface area contributed by atoms with Gasteiger partial charge in [-0.05, 0) is 11.6 Å². The molecule has 0 bridgehead atoms. The van der Waals surface area contributed by atoms with Gasteiger partial charge >= 0.3 is 5.97 Å². The number of H-pyrrole nitrogens is 1. The Morgan fingerprint density at radius 1 is 1.64 bits per heavy atom. The molecule has 2 N–H and O–H groups in total. The number of aromatic amines is 1. The molecule has 0 fully saturated rings. The molecule has 2 aromatic rings. The van der Waals surface area contributed by atoms with E-state index in [4.69, 9.17) is 16.7 Å². The average molecular weight is 211 g/mol. The molecule has 0 spiro atoms. The molecule has 2 rings (SSSR count). The first-order valence-corrected chi connectivity index (χ1v) is 4.38. The number of rotatable bonds is 2. The predicted molar refractivity (Wildman–Crippen MR) is 52.4 cm³/mol. The van der Waals surface area contributed by atoms with Crippen LogP contribution in [0.25, 0.3) is 11.0 Å². The number of carboxylic acids is 1. The van der Waals surface area contributed by atoms with E-state index in [1.807, 2.05) is 0 Å². The smallest absolute Gasteiger partial charge is 0.307 e. The van der Waals surface area contributed by atoms with E-state index < -0.39 is 5.97 Å². The number of pyridine rings is 1. The van der Waals surface area contributed by atoms with Crippen LogP contribution in [0, 0.1) is 0 Å². The number of nitrogens with zero attached hydrogens (tertiary/aromatic N) is 1. The van der Waals surface area contributed by atoms with Gasteiger partial charge in [0, 0.05) is 17.8 Å². The fourth-order valence-electron chi connectivity index (χ4n) is 1.34. The van der Waals surface area contributed by atoms with Crippen molar-refractivity contribution in [2.45, 2.75) is 6.42 Å². The van der Waals surface area contributed by atoms with Crippen molar-refractivity contribution in [2.24, 2.45) is 0 Å². The lowest BCUT2D eigenvalue weighted by atomic mass is 10.2. The summed E-state index contributed by atoms with van der Waals surface area (Å²) in [5.41, 5.74) is 1.35. The van der Waals surface area contributed by atoms with Gasteiger partial charge in [-0.2, -0.15) is 0 Å². The molecule has 2 heterocycles. The van der Waals surface area contributed by atoms with Crippen LogP contribution in [0.15, 0.2) is 18.5 Å². The number of hydrogen-bond donors (Lipinski definition) is 2. The van der Waals surface area contributed by atoms with E-state index in [0.29, 0.717) is 16.2 Å². The molecule has 0 saturated carbocycles. The molecule has 0 aliphatic carbocycles. The molecule has 5 heteroatoms. The molecule has 0 aromatic carbocycles. The largest absolute Gasteiger partial charge is 0.481 e. The third-order valence-electron chi connectivity index (χ3n) is 1.93. The number of aliphatic carboxylic acids is 1. The summed E-state index contributed by atoms with van der Waals surface area (Å²) in [6.45, 7) is 0. The van der Waals surface area contributed by atoms with Gasteiger partial charge in [0.2, 0.25) is 0 Å². The van der Waals surface area contributed by atoms with Crippen molar-refractivity contribution in [3.63, 3.8) is 0 Å². The number of fused-ring (bicyclic) bond motifs is 1. The van der Waals surface area contributed by atoms with Gasteiger partial charge in [0.15, 0.2) is 0 Å². The monoisotopic (exact) mass is 210 g/mol. The molecule has 72 valence electrons. The average Bonchev–Trinajstić information content (AvgIpc) is 2.47. The van der Waals surface area contributed by atoms with Crippen molar-refractivity contribution >= 4 is 28.6 Å². The lowest BCUT2D eigenvalue weighted by molar-refractivity contribution is -0.136. The number of nitrogens with one attached hydrogen (secondary N) is 1. The summed E-state index contributed by atoms with van der Waals surface area (Å²) in [5.74, 6) is -0.870. The Labute approximate surface area is 84.5 Å². The molecule has 14 heavy (non-hydrogen) atoms. The van der Waals surface area contributed by atoms with Gasteiger partial charge in [0.1, 0.15) is 5.65 Å². The van der Waals surface area contributed by atoms with Gasteiger partial charge in [-0.15, -0.1) is 0 Å². The van der Waals surface area contributed by atoms with Crippen molar-refractivity contribution in [1.29, 1.82) is 0 Å². The topological polar surface area (TPSA) is 66.0 Å². The summed E-state index contributed by atoms with van der Waals surface area (Å²) in [6.07, 6.45) is 3.13. The van der Waals surface area contributed by atoms with Crippen LogP contribution in [0.4, 0.5) is 0 Å². The van der Waals surface area contributed by atoms with Crippen molar-refractivity contribution < 1.29 is 9.90 Å². The molecule has 0 atom stereocenters. The summed E-state index contributed by atoms with van der Waals surface area (Å²) in [4.78, 5) is 17.4. The lowest BCUT2D eigenvalue weighted by Crippen LogP contribution is -1.98. The first kappa shape index (κ1) is 9.02. The zero-order valence-electron chi connectivity index (χ0n) is 7.12. The van der Waals surface area contributed by atoms with Gasteiger partial charge in [-0.3, -0.25) is 4.79 Å². The second-order valence-electron chi connectivity index (χ2n) is 2.93. The van der Waals surface area contributed by atoms with Crippen LogP contribution in [0.2, 0.25) is 5.02 Å². The molecule has 0 amide bonds. The van der Waals surface area contributed by atoms with Crippen molar-refractivity contribution in [2.75, 3.05) is 0 Å². The molecular weight excluding hydrogens is 204 g/mol. The standard InChI is InChI=1S/C9H7ClN2O2/c10-6-2-7-5(1-8(13)14)3-11-9(7)12-4-6/h2-4H,1H2,(H,11,12)(H,13,14). The van der Waals surface area contributed by atoms with Gasteiger partial charge < -0.3 is 10.1 Å². The van der Waals surface area contributed by atoms with Crippen LogP contribution in [0.1, 0.15) is 5.56 Å². The second-order valence-corrected chi connectivity index (χ2v) is 3.37. The minimum atomic E-state index is -0.870. The predicted octanol–water partition coefficient (Wildman–Crippen LogP) is 1.84. The molecule has 0 saturated heterocycles. The number of hydrogen-bond acceptors (Lipinski definition) is 2. The Bertz CT molecular complexity index is 493. The fourth-order valence-corrected chi connectivity index (χ4v) is 1.50. The third kappa shape index (κ3) is 1.56. The van der Waals surface area contributed by atoms with Crippen LogP contribution in [0.3, 0.4) is 0 Å². The normalized spacial score (nSPS) is 10.6. The molecule has 2 aromatic heterocycles.